The fourth-order valence-electron chi connectivity index (χ4n) is 3.46. The maximum atomic E-state index is 12.8. The predicted molar refractivity (Wildman–Crippen MR) is 86.7 cm³/mol. The van der Waals surface area contributed by atoms with Crippen molar-refractivity contribution in [1.82, 2.24) is 19.4 Å². The lowest BCUT2D eigenvalue weighted by Crippen LogP contribution is -2.46. The highest BCUT2D eigenvalue weighted by molar-refractivity contribution is 5.92. The van der Waals surface area contributed by atoms with Crippen LogP contribution in [0, 0.1) is 11.8 Å². The Hall–Kier alpha value is -1.36. The van der Waals surface area contributed by atoms with Gasteiger partial charge in [-0.25, -0.2) is 4.98 Å². The quantitative estimate of drug-likeness (QED) is 0.854. The third kappa shape index (κ3) is 3.35. The first-order chi connectivity index (χ1) is 10.6. The molecular formula is C17H28N4O. The number of hydrogen-bond acceptors (Lipinski definition) is 3. The van der Waals surface area contributed by atoms with Crippen LogP contribution < -0.4 is 0 Å². The minimum Gasteiger partial charge on any atom is -0.336 e. The van der Waals surface area contributed by atoms with Crippen molar-refractivity contribution in [3.8, 4) is 0 Å². The number of carbonyl (C=O) groups excluding carboxylic acids is 1. The van der Waals surface area contributed by atoms with Crippen LogP contribution in [0.25, 0.3) is 0 Å². The molecule has 3 rings (SSSR count). The van der Waals surface area contributed by atoms with Crippen molar-refractivity contribution in [3.05, 3.63) is 18.2 Å². The standard InChI is InChI=1S/C17H28N4O/c1-13(2)16-11-21(17(22)15-9-18-12-19(15)3)8-4-7-20(16)10-14-5-6-14/h9,12-14,16H,4-8,10-11H2,1-3H3/t16-/m1/s1. The molecule has 22 heavy (non-hydrogen) atoms. The van der Waals surface area contributed by atoms with Gasteiger partial charge in [0, 0.05) is 39.3 Å². The molecule has 1 atom stereocenters. The van der Waals surface area contributed by atoms with Crippen LogP contribution in [0.1, 0.15) is 43.6 Å². The van der Waals surface area contributed by atoms with E-state index in [2.05, 4.69) is 23.7 Å². The van der Waals surface area contributed by atoms with Crippen LogP contribution in [0.3, 0.4) is 0 Å². The number of carbonyl (C=O) groups is 1. The Kier molecular flexibility index (Phi) is 4.52. The summed E-state index contributed by atoms with van der Waals surface area (Å²) in [5.74, 6) is 1.60. The van der Waals surface area contributed by atoms with Gasteiger partial charge in [0.05, 0.1) is 12.5 Å². The first kappa shape index (κ1) is 15.5. The second-order valence-electron chi connectivity index (χ2n) is 7.24. The van der Waals surface area contributed by atoms with E-state index in [4.69, 9.17) is 0 Å². The summed E-state index contributed by atoms with van der Waals surface area (Å²) in [5, 5.41) is 0. The Bertz CT molecular complexity index is 520. The van der Waals surface area contributed by atoms with Gasteiger partial charge < -0.3 is 9.47 Å². The lowest BCUT2D eigenvalue weighted by Gasteiger charge is -2.34. The van der Waals surface area contributed by atoms with E-state index in [1.165, 1.54) is 19.4 Å². The fourth-order valence-corrected chi connectivity index (χ4v) is 3.46. The Morgan fingerprint density at radius 1 is 1.36 bits per heavy atom. The molecule has 1 saturated heterocycles. The normalized spacial score (nSPS) is 23.8. The first-order valence-corrected chi connectivity index (χ1v) is 8.56. The second kappa shape index (κ2) is 6.41. The van der Waals surface area contributed by atoms with Crippen molar-refractivity contribution in [2.45, 2.75) is 39.2 Å². The lowest BCUT2D eigenvalue weighted by molar-refractivity contribution is 0.0695. The zero-order valence-electron chi connectivity index (χ0n) is 14.0. The van der Waals surface area contributed by atoms with Gasteiger partial charge in [-0.2, -0.15) is 0 Å². The molecule has 1 amide bonds. The van der Waals surface area contributed by atoms with Crippen molar-refractivity contribution in [2.24, 2.45) is 18.9 Å². The summed E-state index contributed by atoms with van der Waals surface area (Å²) >= 11 is 0. The molecule has 0 N–H and O–H groups in total. The SMILES string of the molecule is CC(C)[C@H]1CN(C(=O)c2cncn2C)CCCN1CC1CC1. The molecule has 122 valence electrons. The van der Waals surface area contributed by atoms with Crippen molar-refractivity contribution < 1.29 is 4.79 Å². The largest absolute Gasteiger partial charge is 0.336 e. The van der Waals surface area contributed by atoms with E-state index in [0.717, 1.165) is 32.0 Å². The van der Waals surface area contributed by atoms with Gasteiger partial charge in [0.1, 0.15) is 5.69 Å². The van der Waals surface area contributed by atoms with E-state index in [1.54, 1.807) is 12.5 Å². The Morgan fingerprint density at radius 3 is 2.73 bits per heavy atom. The van der Waals surface area contributed by atoms with E-state index in [0.29, 0.717) is 17.7 Å². The average molecular weight is 304 g/mol. The van der Waals surface area contributed by atoms with Crippen LogP contribution >= 0.6 is 0 Å². The van der Waals surface area contributed by atoms with Crippen molar-refractivity contribution in [1.29, 1.82) is 0 Å². The zero-order chi connectivity index (χ0) is 15.7. The first-order valence-electron chi connectivity index (χ1n) is 8.56. The zero-order valence-corrected chi connectivity index (χ0v) is 14.0. The molecule has 1 aromatic rings. The molecule has 0 unspecified atom stereocenters. The topological polar surface area (TPSA) is 41.4 Å². The summed E-state index contributed by atoms with van der Waals surface area (Å²) in [7, 11) is 1.89. The monoisotopic (exact) mass is 304 g/mol. The smallest absolute Gasteiger partial charge is 0.272 e. The number of nitrogens with zero attached hydrogens (tertiary/aromatic N) is 4. The third-order valence-electron chi connectivity index (χ3n) is 5.03. The molecule has 5 nitrogen and oxygen atoms in total. The molecular weight excluding hydrogens is 276 g/mol. The summed E-state index contributed by atoms with van der Waals surface area (Å²) in [6.07, 6.45) is 7.22. The summed E-state index contributed by atoms with van der Waals surface area (Å²) < 4.78 is 1.82. The van der Waals surface area contributed by atoms with Gasteiger partial charge in [0.2, 0.25) is 0 Å². The van der Waals surface area contributed by atoms with Crippen LogP contribution in [0.15, 0.2) is 12.5 Å². The molecule has 0 spiro atoms. The highest BCUT2D eigenvalue weighted by atomic mass is 16.2. The molecule has 1 aliphatic carbocycles. The number of aromatic nitrogens is 2. The van der Waals surface area contributed by atoms with Crippen LogP contribution in [0.4, 0.5) is 0 Å². The van der Waals surface area contributed by atoms with Gasteiger partial charge in [0.25, 0.3) is 5.91 Å². The molecule has 0 aromatic carbocycles. The maximum Gasteiger partial charge on any atom is 0.272 e. The van der Waals surface area contributed by atoms with Gasteiger partial charge in [-0.1, -0.05) is 13.8 Å². The average Bonchev–Trinajstić information content (AvgIpc) is 3.23. The summed E-state index contributed by atoms with van der Waals surface area (Å²) in [6, 6.07) is 0.472. The molecule has 2 heterocycles. The van der Waals surface area contributed by atoms with Crippen molar-refractivity contribution in [3.63, 3.8) is 0 Å². The fraction of sp³-hybridized carbons (Fsp3) is 0.765. The molecule has 1 aromatic heterocycles. The number of imidazole rings is 1. The number of hydrogen-bond donors (Lipinski definition) is 0. The van der Waals surface area contributed by atoms with Crippen molar-refractivity contribution >= 4 is 5.91 Å². The Morgan fingerprint density at radius 2 is 2.14 bits per heavy atom. The van der Waals surface area contributed by atoms with E-state index < -0.39 is 0 Å². The third-order valence-corrected chi connectivity index (χ3v) is 5.03. The predicted octanol–water partition coefficient (Wildman–Crippen LogP) is 2.00. The summed E-state index contributed by atoms with van der Waals surface area (Å²) in [4.78, 5) is 21.5. The Labute approximate surface area is 133 Å². The maximum absolute atomic E-state index is 12.8. The van der Waals surface area contributed by atoms with E-state index >= 15 is 0 Å². The Balaban J connectivity index is 1.73. The van der Waals surface area contributed by atoms with E-state index in [9.17, 15) is 4.79 Å². The van der Waals surface area contributed by atoms with Crippen LogP contribution in [-0.4, -0.2) is 57.5 Å². The summed E-state index contributed by atoms with van der Waals surface area (Å²) in [5.41, 5.74) is 0.693. The van der Waals surface area contributed by atoms with Gasteiger partial charge in [0.15, 0.2) is 0 Å². The van der Waals surface area contributed by atoms with Crippen molar-refractivity contribution in [2.75, 3.05) is 26.2 Å². The minimum atomic E-state index is 0.124. The molecule has 0 radical (unpaired) electrons. The molecule has 1 saturated carbocycles. The second-order valence-corrected chi connectivity index (χ2v) is 7.24. The minimum absolute atomic E-state index is 0.124. The van der Waals surface area contributed by atoms with Gasteiger partial charge in [-0.05, 0) is 31.1 Å². The molecule has 1 aliphatic heterocycles. The molecule has 2 aliphatic rings. The highest BCUT2D eigenvalue weighted by Gasteiger charge is 2.33. The molecule has 0 bridgehead atoms. The highest BCUT2D eigenvalue weighted by Crippen LogP contribution is 2.32. The van der Waals surface area contributed by atoms with Gasteiger partial charge in [-0.3, -0.25) is 9.69 Å². The van der Waals surface area contributed by atoms with E-state index in [-0.39, 0.29) is 5.91 Å². The van der Waals surface area contributed by atoms with E-state index in [1.807, 2.05) is 16.5 Å². The van der Waals surface area contributed by atoms with Crippen LogP contribution in [0.2, 0.25) is 0 Å². The molecule has 5 heteroatoms. The number of amides is 1. The van der Waals surface area contributed by atoms with Crippen LogP contribution in [0.5, 0.6) is 0 Å². The lowest BCUT2D eigenvalue weighted by atomic mass is 10.0. The van der Waals surface area contributed by atoms with Crippen LogP contribution in [-0.2, 0) is 7.05 Å². The van der Waals surface area contributed by atoms with Gasteiger partial charge in [-0.15, -0.1) is 0 Å². The number of aryl methyl sites for hydroxylation is 1. The summed E-state index contributed by atoms with van der Waals surface area (Å²) in [6.45, 7) is 8.60. The molecule has 2 fully saturated rings. The number of rotatable bonds is 4. The van der Waals surface area contributed by atoms with Gasteiger partial charge >= 0.3 is 0 Å².